The van der Waals surface area contributed by atoms with E-state index in [-0.39, 0.29) is 6.03 Å². The third kappa shape index (κ3) is 4.27. The maximum absolute atomic E-state index is 12.6. The van der Waals surface area contributed by atoms with Gasteiger partial charge in [-0.2, -0.15) is 4.68 Å². The SMILES string of the molecule is CCc1ccc(NC(=O)N2CCN(c3nnnn3-c3cccc(CC)c3)CC2)cc1. The van der Waals surface area contributed by atoms with Crippen molar-refractivity contribution < 1.29 is 4.79 Å². The van der Waals surface area contributed by atoms with Gasteiger partial charge in [0, 0.05) is 31.9 Å². The molecule has 0 saturated carbocycles. The number of amides is 2. The number of benzene rings is 2. The molecule has 0 unspecified atom stereocenters. The Morgan fingerprint density at radius 3 is 2.40 bits per heavy atom. The highest BCUT2D eigenvalue weighted by atomic mass is 16.2. The molecule has 1 aliphatic heterocycles. The second kappa shape index (κ2) is 8.94. The van der Waals surface area contributed by atoms with Crippen LogP contribution in [0.15, 0.2) is 48.5 Å². The number of nitrogens with one attached hydrogen (secondary N) is 1. The second-order valence-electron chi connectivity index (χ2n) is 7.37. The highest BCUT2D eigenvalue weighted by molar-refractivity contribution is 5.89. The van der Waals surface area contributed by atoms with Gasteiger partial charge in [-0.1, -0.05) is 43.2 Å². The number of nitrogens with zero attached hydrogens (tertiary/aromatic N) is 6. The van der Waals surface area contributed by atoms with Gasteiger partial charge < -0.3 is 15.1 Å². The summed E-state index contributed by atoms with van der Waals surface area (Å²) in [5, 5.41) is 15.3. The zero-order valence-corrected chi connectivity index (χ0v) is 17.5. The van der Waals surface area contributed by atoms with E-state index in [2.05, 4.69) is 51.7 Å². The maximum atomic E-state index is 12.6. The van der Waals surface area contributed by atoms with Crippen LogP contribution in [-0.2, 0) is 12.8 Å². The number of rotatable bonds is 5. The molecule has 0 atom stereocenters. The largest absolute Gasteiger partial charge is 0.336 e. The number of hydrogen-bond donors (Lipinski definition) is 1. The fourth-order valence-corrected chi connectivity index (χ4v) is 3.59. The van der Waals surface area contributed by atoms with E-state index in [9.17, 15) is 4.79 Å². The van der Waals surface area contributed by atoms with Crippen molar-refractivity contribution in [2.45, 2.75) is 26.7 Å². The molecule has 0 aliphatic carbocycles. The lowest BCUT2D eigenvalue weighted by Gasteiger charge is -2.34. The van der Waals surface area contributed by atoms with Crippen molar-refractivity contribution in [3.05, 3.63) is 59.7 Å². The van der Waals surface area contributed by atoms with Crippen molar-refractivity contribution >= 4 is 17.7 Å². The van der Waals surface area contributed by atoms with Crippen LogP contribution in [0, 0.1) is 0 Å². The Hall–Kier alpha value is -3.42. The highest BCUT2D eigenvalue weighted by Gasteiger charge is 2.25. The number of tetrazole rings is 1. The first-order valence-corrected chi connectivity index (χ1v) is 10.5. The van der Waals surface area contributed by atoms with Crippen molar-refractivity contribution in [1.82, 2.24) is 25.1 Å². The molecule has 2 aromatic carbocycles. The molecule has 156 valence electrons. The van der Waals surface area contributed by atoms with Gasteiger partial charge in [0.15, 0.2) is 0 Å². The summed E-state index contributed by atoms with van der Waals surface area (Å²) in [5.41, 5.74) is 4.26. The van der Waals surface area contributed by atoms with E-state index in [1.54, 1.807) is 4.68 Å². The molecule has 2 amide bonds. The van der Waals surface area contributed by atoms with Crippen LogP contribution in [0.4, 0.5) is 16.4 Å². The molecule has 1 aliphatic rings. The Labute approximate surface area is 176 Å². The van der Waals surface area contributed by atoms with Crippen molar-refractivity contribution in [1.29, 1.82) is 0 Å². The zero-order valence-electron chi connectivity index (χ0n) is 17.5. The van der Waals surface area contributed by atoms with Gasteiger partial charge in [-0.15, -0.1) is 0 Å². The van der Waals surface area contributed by atoms with Crippen molar-refractivity contribution in [2.24, 2.45) is 0 Å². The maximum Gasteiger partial charge on any atom is 0.321 e. The number of aromatic nitrogens is 4. The van der Waals surface area contributed by atoms with Gasteiger partial charge in [-0.05, 0) is 58.7 Å². The molecule has 8 nitrogen and oxygen atoms in total. The van der Waals surface area contributed by atoms with Crippen LogP contribution in [0.3, 0.4) is 0 Å². The monoisotopic (exact) mass is 405 g/mol. The van der Waals surface area contributed by atoms with Crippen LogP contribution in [-0.4, -0.2) is 57.3 Å². The van der Waals surface area contributed by atoms with Gasteiger partial charge in [0.05, 0.1) is 5.69 Å². The van der Waals surface area contributed by atoms with Gasteiger partial charge in [0.1, 0.15) is 0 Å². The Kier molecular flexibility index (Phi) is 5.92. The molecule has 0 radical (unpaired) electrons. The van der Waals surface area contributed by atoms with Crippen LogP contribution in [0.2, 0.25) is 0 Å². The molecule has 1 N–H and O–H groups in total. The number of aryl methyl sites for hydroxylation is 2. The summed E-state index contributed by atoms with van der Waals surface area (Å²) in [6, 6.07) is 16.1. The lowest BCUT2D eigenvalue weighted by Crippen LogP contribution is -2.50. The van der Waals surface area contributed by atoms with E-state index < -0.39 is 0 Å². The smallest absolute Gasteiger partial charge is 0.321 e. The summed E-state index contributed by atoms with van der Waals surface area (Å²) in [4.78, 5) is 16.6. The fraction of sp³-hybridized carbons (Fsp3) is 0.364. The van der Waals surface area contributed by atoms with Crippen molar-refractivity contribution in [3.63, 3.8) is 0 Å². The van der Waals surface area contributed by atoms with Gasteiger partial charge in [0.25, 0.3) is 0 Å². The average Bonchev–Trinajstić information content (AvgIpc) is 3.30. The topological polar surface area (TPSA) is 79.2 Å². The zero-order chi connectivity index (χ0) is 20.9. The summed E-state index contributed by atoms with van der Waals surface area (Å²) in [6.07, 6.45) is 1.94. The average molecular weight is 406 g/mol. The number of urea groups is 1. The molecule has 1 aromatic heterocycles. The Balaban J connectivity index is 1.39. The Morgan fingerprint density at radius 2 is 1.70 bits per heavy atom. The van der Waals surface area contributed by atoms with E-state index in [0.717, 1.165) is 24.2 Å². The number of carbonyl (C=O) groups is 1. The molecule has 8 heteroatoms. The van der Waals surface area contributed by atoms with E-state index in [4.69, 9.17) is 0 Å². The first kappa shape index (κ1) is 19.9. The molecule has 0 bridgehead atoms. The van der Waals surface area contributed by atoms with E-state index in [0.29, 0.717) is 32.1 Å². The molecule has 1 fully saturated rings. The normalized spacial score (nSPS) is 14.1. The standard InChI is InChI=1S/C22H27N7O/c1-3-17-8-10-19(11-9-17)23-22(30)28-14-12-27(13-15-28)21-24-25-26-29(21)20-7-5-6-18(4-2)16-20/h5-11,16H,3-4,12-15H2,1-2H3,(H,23,30). The van der Waals surface area contributed by atoms with E-state index in [1.165, 1.54) is 11.1 Å². The van der Waals surface area contributed by atoms with Gasteiger partial charge in [-0.25, -0.2) is 4.79 Å². The lowest BCUT2D eigenvalue weighted by atomic mass is 10.1. The van der Waals surface area contributed by atoms with Crippen LogP contribution in [0.1, 0.15) is 25.0 Å². The highest BCUT2D eigenvalue weighted by Crippen LogP contribution is 2.19. The molecular weight excluding hydrogens is 378 g/mol. The Bertz CT molecular complexity index is 991. The van der Waals surface area contributed by atoms with Gasteiger partial charge in [-0.3, -0.25) is 0 Å². The van der Waals surface area contributed by atoms with Crippen LogP contribution in [0.25, 0.3) is 5.69 Å². The molecule has 1 saturated heterocycles. The summed E-state index contributed by atoms with van der Waals surface area (Å²) in [6.45, 7) is 6.82. The quantitative estimate of drug-likeness (QED) is 0.705. The number of piperazine rings is 1. The third-order valence-corrected chi connectivity index (χ3v) is 5.48. The minimum Gasteiger partial charge on any atom is -0.336 e. The predicted octanol–water partition coefficient (Wildman–Crippen LogP) is 3.14. The number of carbonyl (C=O) groups excluding carboxylic acids is 1. The molecule has 4 rings (SSSR count). The van der Waals surface area contributed by atoms with Crippen LogP contribution < -0.4 is 10.2 Å². The number of hydrogen-bond acceptors (Lipinski definition) is 5. The number of anilines is 2. The summed E-state index contributed by atoms with van der Waals surface area (Å²) < 4.78 is 1.77. The summed E-state index contributed by atoms with van der Waals surface area (Å²) in [5.74, 6) is 0.707. The second-order valence-corrected chi connectivity index (χ2v) is 7.37. The van der Waals surface area contributed by atoms with Crippen LogP contribution >= 0.6 is 0 Å². The molecule has 2 heterocycles. The molecular formula is C22H27N7O. The van der Waals surface area contributed by atoms with Gasteiger partial charge in [0.2, 0.25) is 5.95 Å². The predicted molar refractivity (Wildman–Crippen MR) is 117 cm³/mol. The first-order valence-electron chi connectivity index (χ1n) is 10.5. The van der Waals surface area contributed by atoms with Gasteiger partial charge >= 0.3 is 6.03 Å². The Morgan fingerprint density at radius 1 is 0.967 bits per heavy atom. The molecule has 0 spiro atoms. The minimum atomic E-state index is -0.0749. The van der Waals surface area contributed by atoms with Crippen molar-refractivity contribution in [2.75, 3.05) is 36.4 Å². The lowest BCUT2D eigenvalue weighted by molar-refractivity contribution is 0.208. The molecule has 3 aromatic rings. The van der Waals surface area contributed by atoms with E-state index >= 15 is 0 Å². The third-order valence-electron chi connectivity index (χ3n) is 5.48. The van der Waals surface area contributed by atoms with E-state index in [1.807, 2.05) is 41.3 Å². The minimum absolute atomic E-state index is 0.0749. The summed E-state index contributed by atoms with van der Waals surface area (Å²) >= 11 is 0. The van der Waals surface area contributed by atoms with Crippen molar-refractivity contribution in [3.8, 4) is 5.69 Å². The molecule has 30 heavy (non-hydrogen) atoms. The summed E-state index contributed by atoms with van der Waals surface area (Å²) in [7, 11) is 0. The fourth-order valence-electron chi connectivity index (χ4n) is 3.59. The van der Waals surface area contributed by atoms with Crippen LogP contribution in [0.5, 0.6) is 0 Å². The first-order chi connectivity index (χ1) is 14.7.